The fourth-order valence-electron chi connectivity index (χ4n) is 4.79. The second-order valence-corrected chi connectivity index (χ2v) is 10.1. The van der Waals surface area contributed by atoms with Crippen LogP contribution >= 0.6 is 0 Å². The molecule has 0 amide bonds. The number of nitrogens with zero attached hydrogens (tertiary/aromatic N) is 2. The summed E-state index contributed by atoms with van der Waals surface area (Å²) in [6.07, 6.45) is 2.81. The van der Waals surface area contributed by atoms with Crippen LogP contribution in [0, 0.1) is 0 Å². The number of carboxylic acid groups (broad SMARTS) is 2. The van der Waals surface area contributed by atoms with Crippen LogP contribution < -0.4 is 0 Å². The zero-order chi connectivity index (χ0) is 27.3. The first-order chi connectivity index (χ1) is 17.4. The monoisotopic (exact) mass is 512 g/mol. The number of aliphatic carboxylic acids is 2. The average Bonchev–Trinajstić information content (AvgIpc) is 2.81. The normalized spacial score (nSPS) is 18.0. The molecule has 9 nitrogen and oxygen atoms in total. The van der Waals surface area contributed by atoms with Crippen LogP contribution in [0.25, 0.3) is 6.08 Å². The van der Waals surface area contributed by atoms with E-state index in [2.05, 4.69) is 4.90 Å². The first-order valence-electron chi connectivity index (χ1n) is 12.4. The second kappa shape index (κ2) is 11.7. The molecule has 0 unspecified atom stereocenters. The van der Waals surface area contributed by atoms with Crippen molar-refractivity contribution in [1.82, 2.24) is 9.80 Å². The molecule has 2 N–H and O–H groups in total. The largest absolute Gasteiger partial charge is 0.478 e. The highest BCUT2D eigenvalue weighted by atomic mass is 16.6. The minimum Gasteiger partial charge on any atom is -0.478 e. The lowest BCUT2D eigenvalue weighted by Gasteiger charge is -2.38. The van der Waals surface area contributed by atoms with Gasteiger partial charge in [0.15, 0.2) is 0 Å². The van der Waals surface area contributed by atoms with E-state index in [1.807, 2.05) is 0 Å². The smallest absolute Gasteiger partial charge is 0.334 e. The van der Waals surface area contributed by atoms with Gasteiger partial charge in [-0.3, -0.25) is 4.90 Å². The Morgan fingerprint density at radius 3 is 2.11 bits per heavy atom. The molecule has 0 aliphatic carbocycles. The molecule has 0 atom stereocenters. The third-order valence-corrected chi connectivity index (χ3v) is 6.48. The topological polar surface area (TPSA) is 117 Å². The zero-order valence-corrected chi connectivity index (χ0v) is 22.1. The highest BCUT2D eigenvalue weighted by Gasteiger charge is 2.40. The van der Waals surface area contributed by atoms with Crippen LogP contribution in [-0.4, -0.2) is 82.9 Å². The maximum atomic E-state index is 12.6. The van der Waals surface area contributed by atoms with Crippen molar-refractivity contribution in [1.29, 1.82) is 0 Å². The van der Waals surface area contributed by atoms with Crippen molar-refractivity contribution in [2.75, 3.05) is 39.4 Å². The number of allylic oxidation sites excluding steroid dienone is 2. The maximum Gasteiger partial charge on any atom is 0.334 e. The molecule has 2 aliphatic heterocycles. The molecule has 3 rings (SSSR count). The van der Waals surface area contributed by atoms with Crippen molar-refractivity contribution in [2.24, 2.45) is 0 Å². The first kappa shape index (κ1) is 28.1. The number of ether oxygens (including phenoxy) is 2. The number of carbonyl (C=O) groups is 3. The van der Waals surface area contributed by atoms with E-state index in [4.69, 9.17) is 9.47 Å². The lowest BCUT2D eigenvalue weighted by atomic mass is 9.78. The fourth-order valence-corrected chi connectivity index (χ4v) is 4.79. The van der Waals surface area contributed by atoms with E-state index in [0.717, 1.165) is 13.1 Å². The summed E-state index contributed by atoms with van der Waals surface area (Å²) in [7, 11) is 0. The van der Waals surface area contributed by atoms with Crippen LogP contribution in [0.2, 0.25) is 0 Å². The van der Waals surface area contributed by atoms with E-state index in [-0.39, 0.29) is 11.1 Å². The standard InChI is InChI=1S/C28H36N2O7/c1-18-23(26(32)33)25(21-9-7-6-8-20(21)10-11-22(31)37-28(3,4)5)24(27(34)35)19(2)30(18)13-12-29-14-16-36-17-15-29/h6-11,25H,12-17H2,1-5H3,(H,32,33)(H,34,35)/b11-10+. The quantitative estimate of drug-likeness (QED) is 0.399. The van der Waals surface area contributed by atoms with Crippen molar-refractivity contribution < 1.29 is 34.1 Å². The Morgan fingerprint density at radius 1 is 1.00 bits per heavy atom. The van der Waals surface area contributed by atoms with Gasteiger partial charge in [-0.15, -0.1) is 0 Å². The summed E-state index contributed by atoms with van der Waals surface area (Å²) in [6, 6.07) is 6.91. The third kappa shape index (κ3) is 6.87. The number of carbonyl (C=O) groups excluding carboxylic acids is 1. The van der Waals surface area contributed by atoms with E-state index < -0.39 is 29.4 Å². The summed E-state index contributed by atoms with van der Waals surface area (Å²) in [5.74, 6) is -3.93. The molecule has 200 valence electrons. The van der Waals surface area contributed by atoms with Crippen molar-refractivity contribution in [3.63, 3.8) is 0 Å². The summed E-state index contributed by atoms with van der Waals surface area (Å²) in [4.78, 5) is 41.5. The van der Waals surface area contributed by atoms with Gasteiger partial charge in [0, 0.05) is 43.6 Å². The van der Waals surface area contributed by atoms with E-state index in [0.29, 0.717) is 48.8 Å². The van der Waals surface area contributed by atoms with Gasteiger partial charge in [0.05, 0.1) is 30.3 Å². The Kier molecular flexibility index (Phi) is 8.94. The molecule has 2 aliphatic rings. The summed E-state index contributed by atoms with van der Waals surface area (Å²) >= 11 is 0. The van der Waals surface area contributed by atoms with E-state index in [9.17, 15) is 24.6 Å². The molecule has 1 fully saturated rings. The highest BCUT2D eigenvalue weighted by molar-refractivity contribution is 5.99. The average molecular weight is 513 g/mol. The van der Waals surface area contributed by atoms with Crippen molar-refractivity contribution in [3.8, 4) is 0 Å². The van der Waals surface area contributed by atoms with Gasteiger partial charge in [-0.2, -0.15) is 0 Å². The maximum absolute atomic E-state index is 12.6. The predicted molar refractivity (Wildman–Crippen MR) is 139 cm³/mol. The molecule has 1 aromatic carbocycles. The summed E-state index contributed by atoms with van der Waals surface area (Å²) < 4.78 is 10.7. The number of benzene rings is 1. The zero-order valence-electron chi connectivity index (χ0n) is 22.1. The van der Waals surface area contributed by atoms with Crippen molar-refractivity contribution in [2.45, 2.75) is 46.1 Å². The molecule has 1 aromatic rings. The number of carboxylic acids is 2. The van der Waals surface area contributed by atoms with Crippen LogP contribution in [0.15, 0.2) is 52.9 Å². The Morgan fingerprint density at radius 2 is 1.57 bits per heavy atom. The van der Waals surface area contributed by atoms with Gasteiger partial charge in [0.25, 0.3) is 0 Å². The van der Waals surface area contributed by atoms with Crippen LogP contribution in [0.5, 0.6) is 0 Å². The van der Waals surface area contributed by atoms with Gasteiger partial charge in [-0.1, -0.05) is 24.3 Å². The van der Waals surface area contributed by atoms with Crippen LogP contribution in [0.4, 0.5) is 0 Å². The highest BCUT2D eigenvalue weighted by Crippen LogP contribution is 2.43. The van der Waals surface area contributed by atoms with Gasteiger partial charge >= 0.3 is 17.9 Å². The molecular formula is C28H36N2O7. The third-order valence-electron chi connectivity index (χ3n) is 6.48. The van der Waals surface area contributed by atoms with Gasteiger partial charge in [-0.25, -0.2) is 14.4 Å². The summed E-state index contributed by atoms with van der Waals surface area (Å²) in [5.41, 5.74) is 1.37. The number of rotatable bonds is 8. The first-order valence-corrected chi connectivity index (χ1v) is 12.4. The number of morpholine rings is 1. The molecule has 1 saturated heterocycles. The fraction of sp³-hybridized carbons (Fsp3) is 0.464. The Hall–Kier alpha value is -3.43. The number of esters is 1. The van der Waals surface area contributed by atoms with Gasteiger partial charge in [0.2, 0.25) is 0 Å². The van der Waals surface area contributed by atoms with E-state index >= 15 is 0 Å². The Balaban J connectivity index is 2.04. The van der Waals surface area contributed by atoms with E-state index in [1.54, 1.807) is 63.8 Å². The molecule has 2 heterocycles. The summed E-state index contributed by atoms with van der Waals surface area (Å²) in [5, 5.41) is 20.6. The Bertz CT molecular complexity index is 1100. The van der Waals surface area contributed by atoms with Crippen LogP contribution in [-0.2, 0) is 23.9 Å². The van der Waals surface area contributed by atoms with E-state index in [1.165, 1.54) is 12.2 Å². The van der Waals surface area contributed by atoms with Gasteiger partial charge in [0.1, 0.15) is 5.60 Å². The Labute approximate surface area is 217 Å². The van der Waals surface area contributed by atoms with Gasteiger partial charge < -0.3 is 24.6 Å². The van der Waals surface area contributed by atoms with Crippen molar-refractivity contribution >= 4 is 24.0 Å². The van der Waals surface area contributed by atoms with Crippen LogP contribution in [0.1, 0.15) is 51.7 Å². The van der Waals surface area contributed by atoms with Crippen LogP contribution in [0.3, 0.4) is 0 Å². The number of hydrogen-bond donors (Lipinski definition) is 2. The lowest BCUT2D eigenvalue weighted by Crippen LogP contribution is -2.42. The second-order valence-electron chi connectivity index (χ2n) is 10.1. The molecule has 0 bridgehead atoms. The minimum atomic E-state index is -1.18. The lowest BCUT2D eigenvalue weighted by molar-refractivity contribution is -0.148. The van der Waals surface area contributed by atoms with Crippen molar-refractivity contribution in [3.05, 3.63) is 64.0 Å². The molecule has 0 aromatic heterocycles. The molecule has 0 saturated carbocycles. The SMILES string of the molecule is CC1=C(C(=O)O)C(c2ccccc2/C=C/C(=O)OC(C)(C)C)C(C(=O)O)=C(C)N1CCN1CCOCC1. The predicted octanol–water partition coefficient (Wildman–Crippen LogP) is 3.49. The minimum absolute atomic E-state index is 0.00287. The molecular weight excluding hydrogens is 476 g/mol. The summed E-state index contributed by atoms with van der Waals surface area (Å²) in [6.45, 7) is 12.7. The molecule has 0 spiro atoms. The molecule has 37 heavy (non-hydrogen) atoms. The number of hydrogen-bond acceptors (Lipinski definition) is 7. The molecule has 9 heteroatoms. The molecule has 0 radical (unpaired) electrons. The van der Waals surface area contributed by atoms with Gasteiger partial charge in [-0.05, 0) is 51.8 Å².